The van der Waals surface area contributed by atoms with Gasteiger partial charge in [-0.2, -0.15) is 0 Å². The van der Waals surface area contributed by atoms with Crippen molar-refractivity contribution in [3.63, 3.8) is 0 Å². The zero-order chi connectivity index (χ0) is 25.1. The molecule has 0 aliphatic rings. The highest BCUT2D eigenvalue weighted by atomic mass is 28.3. The van der Waals surface area contributed by atoms with Gasteiger partial charge in [-0.05, 0) is 58.0 Å². The van der Waals surface area contributed by atoms with Gasteiger partial charge in [-0.3, -0.25) is 0 Å². The van der Waals surface area contributed by atoms with E-state index >= 15 is 0 Å². The van der Waals surface area contributed by atoms with E-state index in [1.807, 2.05) is 0 Å². The molecule has 4 aromatic rings. The predicted molar refractivity (Wildman–Crippen MR) is 155 cm³/mol. The van der Waals surface area contributed by atoms with Crippen molar-refractivity contribution in [2.45, 2.75) is 54.7 Å². The molecule has 0 unspecified atom stereocenters. The van der Waals surface area contributed by atoms with Gasteiger partial charge in [0.25, 0.3) is 0 Å². The Morgan fingerprint density at radius 3 is 1.77 bits per heavy atom. The second-order valence-corrected chi connectivity index (χ2v) is 12.3. The normalized spacial score (nSPS) is 11.2. The number of rotatable bonds is 7. The first-order valence-corrected chi connectivity index (χ1v) is 14.5. The lowest BCUT2D eigenvalue weighted by atomic mass is 9.52. The first kappa shape index (κ1) is 25.2. The average molecular weight is 476 g/mol. The molecule has 0 aromatic heterocycles. The molecular weight excluding hydrogens is 439 g/mol. The summed E-state index contributed by atoms with van der Waals surface area (Å²) < 4.78 is 6.82. The molecule has 0 fully saturated rings. The Kier molecular flexibility index (Phi) is 7.79. The van der Waals surface area contributed by atoms with Crippen LogP contribution in [0.4, 0.5) is 0 Å². The molecule has 4 rings (SSSR count). The van der Waals surface area contributed by atoms with Gasteiger partial charge >= 0.3 is 6.92 Å². The molecule has 0 heterocycles. The van der Waals surface area contributed by atoms with Gasteiger partial charge in [-0.25, -0.2) is 0 Å². The van der Waals surface area contributed by atoms with Crippen molar-refractivity contribution in [2.75, 3.05) is 0 Å². The van der Waals surface area contributed by atoms with Gasteiger partial charge < -0.3 is 4.65 Å². The quantitative estimate of drug-likeness (QED) is 0.338. The number of hydrogen-bond acceptors (Lipinski definition) is 1. The number of benzene rings is 4. The lowest BCUT2D eigenvalue weighted by Crippen LogP contribution is -2.59. The van der Waals surface area contributed by atoms with Crippen LogP contribution in [0.1, 0.15) is 38.9 Å². The topological polar surface area (TPSA) is 9.23 Å². The summed E-state index contributed by atoms with van der Waals surface area (Å²) in [6.07, 6.45) is 0. The SMILES string of the molecule is Cc1cc(C)c(B(OCc2ccccc2)c2ccccc2[Si](C)c2c(C)cc(C)cc2C)c(C)c1. The summed E-state index contributed by atoms with van der Waals surface area (Å²) in [6.45, 7) is 16.3. The van der Waals surface area contributed by atoms with Gasteiger partial charge in [0.05, 0.1) is 6.61 Å². The van der Waals surface area contributed by atoms with Crippen molar-refractivity contribution < 1.29 is 4.65 Å². The summed E-state index contributed by atoms with van der Waals surface area (Å²) in [5.74, 6) is 0. The third-order valence-corrected chi connectivity index (χ3v) is 9.76. The number of hydrogen-bond donors (Lipinski definition) is 0. The maximum Gasteiger partial charge on any atom is 0.362 e. The first-order chi connectivity index (χ1) is 16.8. The van der Waals surface area contributed by atoms with E-state index in [0.29, 0.717) is 6.61 Å². The highest BCUT2D eigenvalue weighted by Gasteiger charge is 2.30. The van der Waals surface area contributed by atoms with E-state index in [0.717, 1.165) is 0 Å². The standard InChI is InChI=1S/C32H36BOSi/c1-22-17-24(3)31(25(4)18-22)33(34-21-28-13-9-8-10-14-28)29-15-11-12-16-30(29)35(7)32-26(5)19-23(2)20-27(32)6/h8-20H,21H2,1-7H3. The van der Waals surface area contributed by atoms with Crippen molar-refractivity contribution in [3.05, 3.63) is 118 Å². The summed E-state index contributed by atoms with van der Waals surface area (Å²) in [5.41, 5.74) is 11.8. The van der Waals surface area contributed by atoms with Crippen molar-refractivity contribution in [2.24, 2.45) is 0 Å². The summed E-state index contributed by atoms with van der Waals surface area (Å²) in [5, 5.41) is 2.96. The molecule has 0 amide bonds. The third-order valence-electron chi connectivity index (χ3n) is 6.96. The van der Waals surface area contributed by atoms with Crippen LogP contribution < -0.4 is 21.3 Å². The fourth-order valence-corrected chi connectivity index (χ4v) is 8.25. The highest BCUT2D eigenvalue weighted by Crippen LogP contribution is 2.12. The fraction of sp³-hybridized carbons (Fsp3) is 0.250. The van der Waals surface area contributed by atoms with Crippen molar-refractivity contribution >= 4 is 37.0 Å². The monoisotopic (exact) mass is 475 g/mol. The smallest absolute Gasteiger partial charge is 0.362 e. The summed E-state index contributed by atoms with van der Waals surface area (Å²) in [4.78, 5) is 0. The van der Waals surface area contributed by atoms with Gasteiger partial charge in [0.2, 0.25) is 0 Å². The molecule has 0 bridgehead atoms. The largest absolute Gasteiger partial charge is 0.423 e. The Morgan fingerprint density at radius 2 is 1.17 bits per heavy atom. The van der Waals surface area contributed by atoms with Gasteiger partial charge in [0.1, 0.15) is 8.80 Å². The second kappa shape index (κ2) is 10.8. The Morgan fingerprint density at radius 1 is 0.657 bits per heavy atom. The lowest BCUT2D eigenvalue weighted by Gasteiger charge is -2.25. The van der Waals surface area contributed by atoms with Crippen LogP contribution in [-0.4, -0.2) is 15.7 Å². The molecule has 1 nitrogen and oxygen atoms in total. The van der Waals surface area contributed by atoms with Gasteiger partial charge in [0.15, 0.2) is 0 Å². The van der Waals surface area contributed by atoms with Crippen LogP contribution in [0.25, 0.3) is 0 Å². The molecule has 0 spiro atoms. The van der Waals surface area contributed by atoms with Crippen LogP contribution in [0, 0.1) is 41.5 Å². The molecule has 0 aliphatic heterocycles. The summed E-state index contributed by atoms with van der Waals surface area (Å²) in [6, 6.07) is 28.7. The predicted octanol–water partition coefficient (Wildman–Crippen LogP) is 5.10. The Balaban J connectivity index is 1.85. The van der Waals surface area contributed by atoms with Crippen LogP contribution in [0.2, 0.25) is 6.55 Å². The molecule has 0 atom stereocenters. The van der Waals surface area contributed by atoms with Crippen molar-refractivity contribution in [3.8, 4) is 0 Å². The molecule has 1 radical (unpaired) electrons. The van der Waals surface area contributed by atoms with E-state index < -0.39 is 8.80 Å². The second-order valence-electron chi connectivity index (χ2n) is 9.98. The minimum absolute atomic E-state index is 0.113. The molecule has 3 heteroatoms. The van der Waals surface area contributed by atoms with Crippen LogP contribution in [0.3, 0.4) is 0 Å². The fourth-order valence-electron chi connectivity index (χ4n) is 5.66. The molecule has 35 heavy (non-hydrogen) atoms. The molecule has 177 valence electrons. The maximum atomic E-state index is 6.82. The van der Waals surface area contributed by atoms with E-state index in [1.54, 1.807) is 0 Å². The van der Waals surface area contributed by atoms with Crippen LogP contribution in [0.15, 0.2) is 78.9 Å². The van der Waals surface area contributed by atoms with Crippen LogP contribution in [0.5, 0.6) is 0 Å². The van der Waals surface area contributed by atoms with Crippen molar-refractivity contribution in [1.29, 1.82) is 0 Å². The van der Waals surface area contributed by atoms with E-state index in [4.69, 9.17) is 4.65 Å². The maximum absolute atomic E-state index is 6.82. The zero-order valence-corrected chi connectivity index (χ0v) is 23.2. The zero-order valence-electron chi connectivity index (χ0n) is 22.2. The van der Waals surface area contributed by atoms with Gasteiger partial charge in [0, 0.05) is 0 Å². The number of aryl methyl sites for hydroxylation is 6. The molecule has 4 aromatic carbocycles. The Bertz CT molecular complexity index is 1280. The molecule has 0 saturated carbocycles. The molecule has 0 aliphatic carbocycles. The van der Waals surface area contributed by atoms with Crippen LogP contribution in [-0.2, 0) is 11.3 Å². The van der Waals surface area contributed by atoms with Gasteiger partial charge in [-0.15, -0.1) is 0 Å². The van der Waals surface area contributed by atoms with Crippen LogP contribution >= 0.6 is 0 Å². The average Bonchev–Trinajstić information content (AvgIpc) is 2.80. The molecule has 0 N–H and O–H groups in total. The molecular formula is C32H36BOSi. The van der Waals surface area contributed by atoms with E-state index in [-0.39, 0.29) is 6.92 Å². The third kappa shape index (κ3) is 5.52. The Labute approximate surface area is 213 Å². The minimum Gasteiger partial charge on any atom is -0.423 e. The minimum atomic E-state index is -0.998. The highest BCUT2D eigenvalue weighted by molar-refractivity contribution is 6.92. The van der Waals surface area contributed by atoms with E-state index in [1.165, 1.54) is 60.2 Å². The molecule has 0 saturated heterocycles. The summed E-state index contributed by atoms with van der Waals surface area (Å²) >= 11 is 0. The van der Waals surface area contributed by atoms with E-state index in [9.17, 15) is 0 Å². The van der Waals surface area contributed by atoms with E-state index in [2.05, 4.69) is 127 Å². The Hall–Kier alpha value is -2.88. The van der Waals surface area contributed by atoms with Crippen molar-refractivity contribution in [1.82, 2.24) is 0 Å². The summed E-state index contributed by atoms with van der Waals surface area (Å²) in [7, 11) is -0.998. The first-order valence-electron chi connectivity index (χ1n) is 12.5. The lowest BCUT2D eigenvalue weighted by molar-refractivity contribution is 0.321. The van der Waals surface area contributed by atoms with Gasteiger partial charge in [-0.1, -0.05) is 129 Å².